The van der Waals surface area contributed by atoms with E-state index in [4.69, 9.17) is 0 Å². The van der Waals surface area contributed by atoms with Crippen molar-refractivity contribution in [3.8, 4) is 5.69 Å². The Kier molecular flexibility index (Phi) is 5.25. The van der Waals surface area contributed by atoms with Gasteiger partial charge in [-0.25, -0.2) is 9.48 Å². The van der Waals surface area contributed by atoms with Gasteiger partial charge in [0.2, 0.25) is 0 Å². The molecule has 0 saturated carbocycles. The summed E-state index contributed by atoms with van der Waals surface area (Å²) in [5.41, 5.74) is 3.66. The Morgan fingerprint density at radius 3 is 2.81 bits per heavy atom. The van der Waals surface area contributed by atoms with E-state index in [0.717, 1.165) is 16.9 Å². The second-order valence-electron chi connectivity index (χ2n) is 6.61. The second-order valence-corrected chi connectivity index (χ2v) is 6.61. The van der Waals surface area contributed by atoms with Crippen molar-refractivity contribution < 1.29 is 14.7 Å². The molecule has 3 rings (SSSR count). The molecular weight excluding hydrogens is 332 g/mol. The van der Waals surface area contributed by atoms with Gasteiger partial charge in [0.05, 0.1) is 29.2 Å². The fourth-order valence-electron chi connectivity index (χ4n) is 3.38. The molecule has 2 amide bonds. The van der Waals surface area contributed by atoms with E-state index < -0.39 is 11.9 Å². The number of hydrogen-bond acceptors (Lipinski definition) is 3. The molecule has 7 heteroatoms. The molecule has 7 nitrogen and oxygen atoms in total. The molecular formula is C19H24N4O3. The van der Waals surface area contributed by atoms with Gasteiger partial charge in [-0.05, 0) is 37.8 Å². The minimum Gasteiger partial charge on any atom is -0.481 e. The maximum absolute atomic E-state index is 12.6. The van der Waals surface area contributed by atoms with Gasteiger partial charge in [-0.2, -0.15) is 5.10 Å². The Balaban J connectivity index is 1.79. The number of aromatic nitrogens is 2. The van der Waals surface area contributed by atoms with Gasteiger partial charge in [-0.1, -0.05) is 25.1 Å². The molecule has 2 heterocycles. The maximum atomic E-state index is 12.6. The van der Waals surface area contributed by atoms with Crippen LogP contribution in [0, 0.1) is 12.8 Å². The van der Waals surface area contributed by atoms with E-state index in [9.17, 15) is 14.7 Å². The number of para-hydroxylation sites is 1. The van der Waals surface area contributed by atoms with Crippen LogP contribution in [0.4, 0.5) is 10.5 Å². The van der Waals surface area contributed by atoms with Crippen molar-refractivity contribution in [2.45, 2.75) is 33.1 Å². The van der Waals surface area contributed by atoms with E-state index in [1.807, 2.05) is 42.8 Å². The lowest BCUT2D eigenvalue weighted by atomic mass is 9.99. The predicted molar refractivity (Wildman–Crippen MR) is 98.6 cm³/mol. The summed E-state index contributed by atoms with van der Waals surface area (Å²) in [5, 5.41) is 16.6. The number of anilines is 1. The molecule has 1 aliphatic heterocycles. The molecule has 1 atom stereocenters. The zero-order chi connectivity index (χ0) is 18.7. The number of nitrogens with zero attached hydrogens (tertiary/aromatic N) is 3. The monoisotopic (exact) mass is 356 g/mol. The normalized spacial score (nSPS) is 17.2. The van der Waals surface area contributed by atoms with E-state index in [-0.39, 0.29) is 12.6 Å². The summed E-state index contributed by atoms with van der Waals surface area (Å²) in [6, 6.07) is 7.69. The van der Waals surface area contributed by atoms with Crippen molar-refractivity contribution in [3.05, 3.63) is 41.7 Å². The average Bonchev–Trinajstić information content (AvgIpc) is 3.04. The van der Waals surface area contributed by atoms with Crippen LogP contribution in [0.1, 0.15) is 31.0 Å². The van der Waals surface area contributed by atoms with E-state index in [2.05, 4.69) is 10.4 Å². The van der Waals surface area contributed by atoms with Crippen LogP contribution in [0.15, 0.2) is 30.5 Å². The number of nitrogens with one attached hydrogen (secondary N) is 1. The Labute approximate surface area is 152 Å². The lowest BCUT2D eigenvalue weighted by molar-refractivity contribution is -0.143. The number of carboxylic acids is 1. The molecule has 2 N–H and O–H groups in total. The third kappa shape index (κ3) is 3.56. The highest BCUT2D eigenvalue weighted by atomic mass is 16.4. The van der Waals surface area contributed by atoms with Gasteiger partial charge in [0.1, 0.15) is 0 Å². The highest BCUT2D eigenvalue weighted by Gasteiger charge is 2.28. The molecule has 1 aromatic carbocycles. The minimum atomic E-state index is -0.843. The number of carbonyl (C=O) groups excluding carboxylic acids is 1. The highest BCUT2D eigenvalue weighted by Crippen LogP contribution is 2.23. The number of benzene rings is 1. The summed E-state index contributed by atoms with van der Waals surface area (Å²) in [4.78, 5) is 25.4. The number of likely N-dealkylation sites (tertiary alicyclic amines) is 1. The number of rotatable bonds is 4. The Bertz CT molecular complexity index is 815. The fraction of sp³-hybridized carbons (Fsp3) is 0.421. The van der Waals surface area contributed by atoms with Gasteiger partial charge in [0, 0.05) is 13.1 Å². The van der Waals surface area contributed by atoms with Gasteiger partial charge >= 0.3 is 12.0 Å². The Morgan fingerprint density at radius 1 is 1.35 bits per heavy atom. The van der Waals surface area contributed by atoms with Gasteiger partial charge in [-0.15, -0.1) is 0 Å². The van der Waals surface area contributed by atoms with Crippen LogP contribution in [0.2, 0.25) is 0 Å². The second kappa shape index (κ2) is 7.59. The molecule has 0 aliphatic carbocycles. The molecule has 1 unspecified atom stereocenters. The first-order valence-corrected chi connectivity index (χ1v) is 8.93. The van der Waals surface area contributed by atoms with Crippen LogP contribution in [-0.2, 0) is 11.2 Å². The average molecular weight is 356 g/mol. The lowest BCUT2D eigenvalue weighted by Gasteiger charge is -2.30. The summed E-state index contributed by atoms with van der Waals surface area (Å²) in [6.45, 7) is 4.86. The first-order valence-electron chi connectivity index (χ1n) is 8.93. The number of carbonyl (C=O) groups is 2. The van der Waals surface area contributed by atoms with Crippen molar-refractivity contribution in [2.75, 3.05) is 18.4 Å². The molecule has 1 fully saturated rings. The van der Waals surface area contributed by atoms with Gasteiger partial charge in [-0.3, -0.25) is 4.79 Å². The molecule has 26 heavy (non-hydrogen) atoms. The molecule has 1 saturated heterocycles. The first kappa shape index (κ1) is 18.0. The SMILES string of the molecule is CCc1c(NC(=O)N2CCCC(C(=O)O)C2)cnn1-c1ccccc1C. The summed E-state index contributed by atoms with van der Waals surface area (Å²) >= 11 is 0. The van der Waals surface area contributed by atoms with Gasteiger partial charge < -0.3 is 15.3 Å². The minimum absolute atomic E-state index is 0.245. The zero-order valence-corrected chi connectivity index (χ0v) is 15.1. The number of aryl methyl sites for hydroxylation is 1. The number of carboxylic acid groups (broad SMARTS) is 1. The Morgan fingerprint density at radius 2 is 2.12 bits per heavy atom. The van der Waals surface area contributed by atoms with Crippen LogP contribution in [0.3, 0.4) is 0 Å². The van der Waals surface area contributed by atoms with E-state index in [1.165, 1.54) is 0 Å². The zero-order valence-electron chi connectivity index (χ0n) is 15.1. The number of aliphatic carboxylic acids is 1. The van der Waals surface area contributed by atoms with Crippen molar-refractivity contribution in [1.82, 2.24) is 14.7 Å². The summed E-state index contributed by atoms with van der Waals surface area (Å²) < 4.78 is 1.85. The van der Waals surface area contributed by atoms with Crippen molar-refractivity contribution >= 4 is 17.7 Å². The topological polar surface area (TPSA) is 87.5 Å². The van der Waals surface area contributed by atoms with Crippen LogP contribution in [-0.4, -0.2) is 44.9 Å². The largest absolute Gasteiger partial charge is 0.481 e. The van der Waals surface area contributed by atoms with E-state index >= 15 is 0 Å². The van der Waals surface area contributed by atoms with Crippen LogP contribution >= 0.6 is 0 Å². The smallest absolute Gasteiger partial charge is 0.321 e. The van der Waals surface area contributed by atoms with Crippen molar-refractivity contribution in [2.24, 2.45) is 5.92 Å². The van der Waals surface area contributed by atoms with E-state index in [1.54, 1.807) is 11.1 Å². The number of urea groups is 1. The quantitative estimate of drug-likeness (QED) is 0.881. The van der Waals surface area contributed by atoms with E-state index in [0.29, 0.717) is 31.5 Å². The summed E-state index contributed by atoms with van der Waals surface area (Å²) in [7, 11) is 0. The standard InChI is InChI=1S/C19H24N4O3/c1-3-16-15(11-20-23(16)17-9-5-4-7-13(17)2)21-19(26)22-10-6-8-14(12-22)18(24)25/h4-5,7,9,11,14H,3,6,8,10,12H2,1-2H3,(H,21,26)(H,24,25). The molecule has 0 bridgehead atoms. The van der Waals surface area contributed by atoms with Gasteiger partial charge in [0.25, 0.3) is 0 Å². The maximum Gasteiger partial charge on any atom is 0.321 e. The summed E-state index contributed by atoms with van der Waals surface area (Å²) in [6.07, 6.45) is 3.68. The molecule has 0 radical (unpaired) electrons. The fourth-order valence-corrected chi connectivity index (χ4v) is 3.38. The lowest BCUT2D eigenvalue weighted by Crippen LogP contribution is -2.44. The van der Waals surface area contributed by atoms with Crippen molar-refractivity contribution in [3.63, 3.8) is 0 Å². The Hall–Kier alpha value is -2.83. The first-order chi connectivity index (χ1) is 12.5. The van der Waals surface area contributed by atoms with Crippen LogP contribution in [0.25, 0.3) is 5.69 Å². The summed E-state index contributed by atoms with van der Waals surface area (Å²) in [5.74, 6) is -1.33. The highest BCUT2D eigenvalue weighted by molar-refractivity contribution is 5.90. The molecule has 1 aliphatic rings. The number of amides is 2. The molecule has 1 aromatic heterocycles. The van der Waals surface area contributed by atoms with Gasteiger partial charge in [0.15, 0.2) is 0 Å². The third-order valence-corrected chi connectivity index (χ3v) is 4.85. The molecule has 138 valence electrons. The van der Waals surface area contributed by atoms with Crippen molar-refractivity contribution in [1.29, 1.82) is 0 Å². The molecule has 2 aromatic rings. The predicted octanol–water partition coefficient (Wildman–Crippen LogP) is 3.07. The molecule has 0 spiro atoms. The number of piperidine rings is 1. The number of hydrogen-bond donors (Lipinski definition) is 2. The van der Waals surface area contributed by atoms with Crippen LogP contribution < -0.4 is 5.32 Å². The third-order valence-electron chi connectivity index (χ3n) is 4.85. The van der Waals surface area contributed by atoms with Crippen LogP contribution in [0.5, 0.6) is 0 Å².